The van der Waals surface area contributed by atoms with Crippen LogP contribution in [0, 0.1) is 24.5 Å². The van der Waals surface area contributed by atoms with Crippen LogP contribution in [0.4, 0.5) is 8.78 Å². The normalized spacial score (nSPS) is 31.1. The van der Waals surface area contributed by atoms with Gasteiger partial charge in [0.1, 0.15) is 5.69 Å². The number of hydrogen-bond donors (Lipinski definition) is 0. The van der Waals surface area contributed by atoms with E-state index in [0.29, 0.717) is 23.7 Å². The number of aryl methyl sites for hydroxylation is 1. The Kier molecular flexibility index (Phi) is 4.19. The van der Waals surface area contributed by atoms with E-state index < -0.39 is 11.6 Å². The van der Waals surface area contributed by atoms with E-state index in [9.17, 15) is 13.6 Å². The van der Waals surface area contributed by atoms with Gasteiger partial charge in [0.15, 0.2) is 11.6 Å². The molecule has 2 aromatic rings. The molecular weight excluding hydrogens is 360 g/mol. The first-order valence-electron chi connectivity index (χ1n) is 9.97. The fourth-order valence-electron chi connectivity index (χ4n) is 5.58. The Morgan fingerprint density at radius 2 is 1.89 bits per heavy atom. The van der Waals surface area contributed by atoms with E-state index in [-0.39, 0.29) is 23.9 Å². The molecule has 6 heteroatoms. The third kappa shape index (κ3) is 2.58. The molecule has 0 unspecified atom stereocenters. The molecule has 4 aliphatic rings. The molecule has 3 atom stereocenters. The minimum atomic E-state index is -0.824. The van der Waals surface area contributed by atoms with Gasteiger partial charge in [0.05, 0.1) is 6.04 Å². The third-order valence-electron chi connectivity index (χ3n) is 6.85. The van der Waals surface area contributed by atoms with Crippen LogP contribution < -0.4 is 0 Å². The van der Waals surface area contributed by atoms with Gasteiger partial charge < -0.3 is 4.90 Å². The minimum absolute atomic E-state index is 0.0315. The second kappa shape index (κ2) is 6.62. The highest BCUT2D eigenvalue weighted by molar-refractivity contribution is 5.94. The van der Waals surface area contributed by atoms with E-state index in [0.717, 1.165) is 37.6 Å². The monoisotopic (exact) mass is 383 g/mol. The molecule has 146 valence electrons. The highest BCUT2D eigenvalue weighted by Gasteiger charge is 2.55. The molecule has 1 amide bonds. The summed E-state index contributed by atoms with van der Waals surface area (Å²) in [6.45, 7) is 4.21. The first-order chi connectivity index (χ1) is 13.6. The molecule has 1 aromatic heterocycles. The van der Waals surface area contributed by atoms with Crippen LogP contribution in [0.1, 0.15) is 40.4 Å². The topological polar surface area (TPSA) is 36.4 Å². The highest BCUT2D eigenvalue weighted by atomic mass is 19.2. The smallest absolute Gasteiger partial charge is 0.273 e. The molecule has 0 N–H and O–H groups in total. The molecule has 1 aromatic carbocycles. The molecule has 4 aliphatic heterocycles. The average molecular weight is 383 g/mol. The Bertz CT molecular complexity index is 926. The fourth-order valence-corrected chi connectivity index (χ4v) is 5.58. The van der Waals surface area contributed by atoms with Gasteiger partial charge in [-0.05, 0) is 62.0 Å². The zero-order valence-corrected chi connectivity index (χ0v) is 15.8. The zero-order valence-electron chi connectivity index (χ0n) is 15.8. The molecule has 0 radical (unpaired) electrons. The number of benzene rings is 1. The quantitative estimate of drug-likeness (QED) is 0.798. The van der Waals surface area contributed by atoms with E-state index in [4.69, 9.17) is 0 Å². The molecule has 2 bridgehead atoms. The summed E-state index contributed by atoms with van der Waals surface area (Å²) in [5, 5.41) is 0. The summed E-state index contributed by atoms with van der Waals surface area (Å²) in [6, 6.07) is 8.15. The zero-order chi connectivity index (χ0) is 19.4. The fraction of sp³-hybridized carbons (Fsp3) is 0.455. The Morgan fingerprint density at radius 3 is 2.64 bits per heavy atom. The third-order valence-corrected chi connectivity index (χ3v) is 6.85. The number of amides is 1. The Morgan fingerprint density at radius 1 is 1.11 bits per heavy atom. The largest absolute Gasteiger partial charge is 0.332 e. The van der Waals surface area contributed by atoms with Crippen LogP contribution in [-0.4, -0.2) is 52.4 Å². The van der Waals surface area contributed by atoms with E-state index in [1.807, 2.05) is 24.0 Å². The molecule has 0 spiro atoms. The van der Waals surface area contributed by atoms with Gasteiger partial charge >= 0.3 is 0 Å². The van der Waals surface area contributed by atoms with Crippen LogP contribution in [0.2, 0.25) is 0 Å². The Hall–Kier alpha value is -2.34. The molecular formula is C22H23F2N3O. The van der Waals surface area contributed by atoms with Crippen molar-refractivity contribution in [2.45, 2.75) is 37.8 Å². The summed E-state index contributed by atoms with van der Waals surface area (Å²) >= 11 is 0. The van der Waals surface area contributed by atoms with Crippen LogP contribution in [0.25, 0.3) is 0 Å². The lowest BCUT2D eigenvalue weighted by Gasteiger charge is -2.51. The molecule has 0 saturated carbocycles. The number of rotatable bonds is 2. The lowest BCUT2D eigenvalue weighted by molar-refractivity contribution is -0.00379. The first-order valence-corrected chi connectivity index (χ1v) is 9.97. The van der Waals surface area contributed by atoms with Gasteiger partial charge in [-0.3, -0.25) is 14.7 Å². The maximum Gasteiger partial charge on any atom is 0.273 e. The standard InChI is InChI=1S/C22H23F2N3O/c1-13-4-3-9-25-19(13)22(28)27-12-16(15-5-2-6-17(23)18(15)24)21-20(27)14-7-10-26(21)11-8-14/h2-6,9,14,16,20-21H,7-8,10-12H2,1H3/t16-,20+,21+/m0/s1. The van der Waals surface area contributed by atoms with Gasteiger partial charge in [0.25, 0.3) is 5.91 Å². The molecule has 0 aliphatic carbocycles. The lowest BCUT2D eigenvalue weighted by Crippen LogP contribution is -2.60. The van der Waals surface area contributed by atoms with Crippen molar-refractivity contribution in [2.24, 2.45) is 5.92 Å². The second-order valence-electron chi connectivity index (χ2n) is 8.23. The van der Waals surface area contributed by atoms with E-state index in [2.05, 4.69) is 9.88 Å². The minimum Gasteiger partial charge on any atom is -0.332 e. The van der Waals surface area contributed by atoms with Crippen molar-refractivity contribution >= 4 is 5.91 Å². The van der Waals surface area contributed by atoms with Crippen molar-refractivity contribution < 1.29 is 13.6 Å². The number of nitrogens with zero attached hydrogens (tertiary/aromatic N) is 3. The highest BCUT2D eigenvalue weighted by Crippen LogP contribution is 2.47. The molecule has 4 fully saturated rings. The van der Waals surface area contributed by atoms with E-state index >= 15 is 0 Å². The molecule has 4 nitrogen and oxygen atoms in total. The van der Waals surface area contributed by atoms with E-state index in [1.165, 1.54) is 0 Å². The molecule has 4 saturated heterocycles. The summed E-state index contributed by atoms with van der Waals surface area (Å²) in [7, 11) is 0. The maximum absolute atomic E-state index is 14.7. The van der Waals surface area contributed by atoms with Crippen LogP contribution in [0.3, 0.4) is 0 Å². The van der Waals surface area contributed by atoms with Crippen LogP contribution in [0.15, 0.2) is 36.5 Å². The predicted octanol–water partition coefficient (Wildman–Crippen LogP) is 3.37. The number of halogens is 2. The number of carbonyl (C=O) groups is 1. The van der Waals surface area contributed by atoms with Crippen molar-refractivity contribution in [3.05, 3.63) is 65.0 Å². The average Bonchev–Trinajstić information content (AvgIpc) is 3.13. The van der Waals surface area contributed by atoms with Gasteiger partial charge in [0.2, 0.25) is 0 Å². The van der Waals surface area contributed by atoms with Crippen molar-refractivity contribution in [2.75, 3.05) is 19.6 Å². The number of likely N-dealkylation sites (tertiary alicyclic amines) is 1. The van der Waals surface area contributed by atoms with E-state index in [1.54, 1.807) is 18.3 Å². The van der Waals surface area contributed by atoms with Gasteiger partial charge in [-0.1, -0.05) is 18.2 Å². The first kappa shape index (κ1) is 17.7. The van der Waals surface area contributed by atoms with Crippen LogP contribution in [-0.2, 0) is 0 Å². The van der Waals surface area contributed by atoms with Crippen molar-refractivity contribution in [1.29, 1.82) is 0 Å². The van der Waals surface area contributed by atoms with Crippen LogP contribution in [0.5, 0.6) is 0 Å². The number of fused-ring (bicyclic) bond motifs is 2. The number of pyridine rings is 1. The number of hydrogen-bond acceptors (Lipinski definition) is 3. The van der Waals surface area contributed by atoms with Crippen molar-refractivity contribution in [1.82, 2.24) is 14.8 Å². The van der Waals surface area contributed by atoms with Gasteiger partial charge in [-0.15, -0.1) is 0 Å². The second-order valence-corrected chi connectivity index (χ2v) is 8.23. The molecule has 28 heavy (non-hydrogen) atoms. The Balaban J connectivity index is 1.57. The van der Waals surface area contributed by atoms with Crippen LogP contribution >= 0.6 is 0 Å². The molecule has 6 rings (SSSR count). The van der Waals surface area contributed by atoms with Crippen molar-refractivity contribution in [3.8, 4) is 0 Å². The lowest BCUT2D eigenvalue weighted by atomic mass is 9.75. The Labute approximate surface area is 163 Å². The maximum atomic E-state index is 14.7. The van der Waals surface area contributed by atoms with Gasteiger partial charge in [-0.2, -0.15) is 0 Å². The summed E-state index contributed by atoms with van der Waals surface area (Å²) < 4.78 is 28.6. The summed E-state index contributed by atoms with van der Waals surface area (Å²) in [6.07, 6.45) is 3.73. The number of carbonyl (C=O) groups excluding carboxylic acids is 1. The number of piperidine rings is 3. The number of aromatic nitrogens is 1. The van der Waals surface area contributed by atoms with Gasteiger partial charge in [0, 0.05) is 24.7 Å². The summed E-state index contributed by atoms with van der Waals surface area (Å²) in [5.41, 5.74) is 1.68. The summed E-state index contributed by atoms with van der Waals surface area (Å²) in [4.78, 5) is 22.0. The SMILES string of the molecule is Cc1cccnc1C(=O)N1C[C@@H](c2cccc(F)c2F)[C@@H]2[C@H]1C1CCN2CC1. The predicted molar refractivity (Wildman–Crippen MR) is 101 cm³/mol. The van der Waals surface area contributed by atoms with Crippen molar-refractivity contribution in [3.63, 3.8) is 0 Å². The van der Waals surface area contributed by atoms with Gasteiger partial charge in [-0.25, -0.2) is 8.78 Å². The molecule has 5 heterocycles. The summed E-state index contributed by atoms with van der Waals surface area (Å²) in [5.74, 6) is -1.52.